The lowest BCUT2D eigenvalue weighted by atomic mass is 9.89. The molecule has 0 aliphatic heterocycles. The largest absolute Gasteiger partial charge is 0.333 e. The average molecular weight is 225 g/mol. The van der Waals surface area contributed by atoms with Gasteiger partial charge in [-0.25, -0.2) is 0 Å². The van der Waals surface area contributed by atoms with Gasteiger partial charge in [-0.2, -0.15) is 0 Å². The van der Waals surface area contributed by atoms with E-state index in [1.165, 1.54) is 31.9 Å². The van der Waals surface area contributed by atoms with E-state index in [0.717, 1.165) is 12.8 Å². The first-order valence-electron chi connectivity index (χ1n) is 6.54. The third kappa shape index (κ3) is 6.65. The Balaban J connectivity index is 3.85. The van der Waals surface area contributed by atoms with Crippen LogP contribution in [0.2, 0.25) is 0 Å². The molecule has 0 saturated carbocycles. The van der Waals surface area contributed by atoms with Gasteiger partial charge in [-0.3, -0.25) is 4.79 Å². The molecule has 0 aliphatic rings. The average Bonchev–Trinajstić information content (AvgIpc) is 2.23. The van der Waals surface area contributed by atoms with Crippen LogP contribution >= 0.6 is 0 Å². The summed E-state index contributed by atoms with van der Waals surface area (Å²) in [6.45, 7) is 9.97. The predicted molar refractivity (Wildman–Crippen MR) is 70.0 cm³/mol. The molecule has 0 aromatic heterocycles. The SMILES string of the molecule is C=CNC(=O)C(CCCCCCC)C(C)C. The summed E-state index contributed by atoms with van der Waals surface area (Å²) < 4.78 is 0. The van der Waals surface area contributed by atoms with Crippen molar-refractivity contribution in [2.45, 2.75) is 59.3 Å². The van der Waals surface area contributed by atoms with Crippen molar-refractivity contribution >= 4 is 5.91 Å². The Morgan fingerprint density at radius 2 is 1.88 bits per heavy atom. The predicted octanol–water partition coefficient (Wildman–Crippen LogP) is 3.88. The molecule has 0 rings (SSSR count). The normalized spacial score (nSPS) is 12.5. The van der Waals surface area contributed by atoms with Crippen LogP contribution in [0.15, 0.2) is 12.8 Å². The van der Waals surface area contributed by atoms with Gasteiger partial charge in [0.05, 0.1) is 0 Å². The fourth-order valence-electron chi connectivity index (χ4n) is 1.94. The highest BCUT2D eigenvalue weighted by Crippen LogP contribution is 2.19. The van der Waals surface area contributed by atoms with Crippen molar-refractivity contribution in [3.05, 3.63) is 12.8 Å². The number of rotatable bonds is 9. The first-order valence-corrected chi connectivity index (χ1v) is 6.54. The topological polar surface area (TPSA) is 29.1 Å². The first-order chi connectivity index (χ1) is 7.63. The van der Waals surface area contributed by atoms with Gasteiger partial charge in [0.15, 0.2) is 0 Å². The summed E-state index contributed by atoms with van der Waals surface area (Å²) >= 11 is 0. The molecule has 2 heteroatoms. The second-order valence-electron chi connectivity index (χ2n) is 4.77. The molecule has 0 heterocycles. The Hall–Kier alpha value is -0.790. The van der Waals surface area contributed by atoms with E-state index in [-0.39, 0.29) is 11.8 Å². The zero-order valence-corrected chi connectivity index (χ0v) is 11.1. The van der Waals surface area contributed by atoms with Gasteiger partial charge in [0.1, 0.15) is 0 Å². The lowest BCUT2D eigenvalue weighted by molar-refractivity contribution is -0.125. The molecule has 0 aliphatic carbocycles. The van der Waals surface area contributed by atoms with Gasteiger partial charge >= 0.3 is 0 Å². The third-order valence-electron chi connectivity index (χ3n) is 3.00. The minimum absolute atomic E-state index is 0.125. The van der Waals surface area contributed by atoms with Crippen molar-refractivity contribution in [2.75, 3.05) is 0 Å². The smallest absolute Gasteiger partial charge is 0.227 e. The number of hydrogen-bond donors (Lipinski definition) is 1. The second-order valence-corrected chi connectivity index (χ2v) is 4.77. The quantitative estimate of drug-likeness (QED) is 0.593. The highest BCUT2D eigenvalue weighted by atomic mass is 16.1. The second kappa shape index (κ2) is 9.44. The highest BCUT2D eigenvalue weighted by Gasteiger charge is 2.20. The van der Waals surface area contributed by atoms with Gasteiger partial charge in [-0.05, 0) is 18.5 Å². The summed E-state index contributed by atoms with van der Waals surface area (Å²) in [5.41, 5.74) is 0. The first kappa shape index (κ1) is 15.2. The molecule has 0 aromatic carbocycles. The molecule has 94 valence electrons. The van der Waals surface area contributed by atoms with Crippen LogP contribution < -0.4 is 5.32 Å². The summed E-state index contributed by atoms with van der Waals surface area (Å²) in [4.78, 5) is 11.7. The maximum Gasteiger partial charge on any atom is 0.227 e. The van der Waals surface area contributed by atoms with Gasteiger partial charge in [-0.1, -0.05) is 59.5 Å². The van der Waals surface area contributed by atoms with E-state index in [1.807, 2.05) is 0 Å². The molecule has 0 spiro atoms. The van der Waals surface area contributed by atoms with E-state index < -0.39 is 0 Å². The summed E-state index contributed by atoms with van der Waals surface area (Å²) in [5.74, 6) is 0.672. The molecule has 1 amide bonds. The van der Waals surface area contributed by atoms with Gasteiger partial charge in [-0.15, -0.1) is 0 Å². The van der Waals surface area contributed by atoms with E-state index in [4.69, 9.17) is 0 Å². The van der Waals surface area contributed by atoms with Crippen molar-refractivity contribution in [3.8, 4) is 0 Å². The molecule has 0 bridgehead atoms. The van der Waals surface area contributed by atoms with E-state index in [0.29, 0.717) is 5.92 Å². The Kier molecular flexibility index (Phi) is 8.97. The lowest BCUT2D eigenvalue weighted by Gasteiger charge is -2.18. The van der Waals surface area contributed by atoms with Crippen LogP contribution in [-0.2, 0) is 4.79 Å². The van der Waals surface area contributed by atoms with Gasteiger partial charge < -0.3 is 5.32 Å². The molecular weight excluding hydrogens is 198 g/mol. The monoisotopic (exact) mass is 225 g/mol. The zero-order chi connectivity index (χ0) is 12.4. The van der Waals surface area contributed by atoms with Crippen LogP contribution in [0.25, 0.3) is 0 Å². The van der Waals surface area contributed by atoms with Gasteiger partial charge in [0.2, 0.25) is 5.91 Å². The summed E-state index contributed by atoms with van der Waals surface area (Å²) in [6.07, 6.45) is 8.77. The number of unbranched alkanes of at least 4 members (excludes halogenated alkanes) is 4. The van der Waals surface area contributed by atoms with Crippen LogP contribution in [0.1, 0.15) is 59.3 Å². The lowest BCUT2D eigenvalue weighted by Crippen LogP contribution is -2.30. The number of carbonyl (C=O) groups is 1. The number of carbonyl (C=O) groups excluding carboxylic acids is 1. The molecule has 16 heavy (non-hydrogen) atoms. The fourth-order valence-corrected chi connectivity index (χ4v) is 1.94. The number of hydrogen-bond acceptors (Lipinski definition) is 1. The number of amides is 1. The molecule has 0 aromatic rings. The van der Waals surface area contributed by atoms with E-state index >= 15 is 0 Å². The molecule has 1 N–H and O–H groups in total. The fraction of sp³-hybridized carbons (Fsp3) is 0.786. The van der Waals surface area contributed by atoms with Crippen LogP contribution in [0.4, 0.5) is 0 Å². The van der Waals surface area contributed by atoms with Gasteiger partial charge in [0, 0.05) is 5.92 Å². The van der Waals surface area contributed by atoms with Crippen molar-refractivity contribution in [1.29, 1.82) is 0 Å². The maximum absolute atomic E-state index is 11.7. The van der Waals surface area contributed by atoms with Crippen LogP contribution in [0, 0.1) is 11.8 Å². The standard InChI is InChI=1S/C14H27NO/c1-5-7-8-9-10-11-13(12(3)4)14(16)15-6-2/h6,12-13H,2,5,7-11H2,1,3-4H3,(H,15,16). The summed E-state index contributed by atoms with van der Waals surface area (Å²) in [5, 5.41) is 2.70. The zero-order valence-electron chi connectivity index (χ0n) is 11.1. The highest BCUT2D eigenvalue weighted by molar-refractivity contribution is 5.79. The molecule has 2 nitrogen and oxygen atoms in total. The van der Waals surface area contributed by atoms with Crippen LogP contribution in [-0.4, -0.2) is 5.91 Å². The van der Waals surface area contributed by atoms with Crippen molar-refractivity contribution in [2.24, 2.45) is 11.8 Å². The molecule has 0 saturated heterocycles. The van der Waals surface area contributed by atoms with E-state index in [2.05, 4.69) is 32.7 Å². The number of nitrogens with one attached hydrogen (secondary N) is 1. The minimum atomic E-state index is 0.125. The van der Waals surface area contributed by atoms with Crippen LogP contribution in [0.5, 0.6) is 0 Å². The van der Waals surface area contributed by atoms with E-state index in [9.17, 15) is 4.79 Å². The van der Waals surface area contributed by atoms with Crippen molar-refractivity contribution in [1.82, 2.24) is 5.32 Å². The summed E-state index contributed by atoms with van der Waals surface area (Å²) in [7, 11) is 0. The Morgan fingerprint density at radius 3 is 2.38 bits per heavy atom. The summed E-state index contributed by atoms with van der Waals surface area (Å²) in [6, 6.07) is 0. The third-order valence-corrected chi connectivity index (χ3v) is 3.00. The van der Waals surface area contributed by atoms with Crippen molar-refractivity contribution in [3.63, 3.8) is 0 Å². The maximum atomic E-state index is 11.7. The van der Waals surface area contributed by atoms with Crippen molar-refractivity contribution < 1.29 is 4.79 Å². The molecular formula is C14H27NO. The Morgan fingerprint density at radius 1 is 1.25 bits per heavy atom. The minimum Gasteiger partial charge on any atom is -0.333 e. The van der Waals surface area contributed by atoms with Gasteiger partial charge in [0.25, 0.3) is 0 Å². The van der Waals surface area contributed by atoms with Crippen LogP contribution in [0.3, 0.4) is 0 Å². The Bertz CT molecular complexity index is 199. The Labute approximate surface area is 101 Å². The molecule has 1 atom stereocenters. The molecule has 0 fully saturated rings. The van der Waals surface area contributed by atoms with E-state index in [1.54, 1.807) is 0 Å². The molecule has 0 radical (unpaired) electrons. The molecule has 1 unspecified atom stereocenters.